The average molecular weight is 447 g/mol. The number of ether oxygens (including phenoxy) is 1. The zero-order valence-electron chi connectivity index (χ0n) is 17.7. The molecule has 10 nitrogen and oxygen atoms in total. The molecule has 0 bridgehead atoms. The number of urea groups is 1. The molecule has 11 heteroatoms. The molecule has 3 rings (SSSR count). The number of benzene rings is 1. The van der Waals surface area contributed by atoms with E-state index >= 15 is 0 Å². The summed E-state index contributed by atoms with van der Waals surface area (Å²) >= 11 is 1.28. The lowest BCUT2D eigenvalue weighted by Gasteiger charge is -2.32. The zero-order chi connectivity index (χ0) is 22.4. The molecule has 0 unspecified atom stereocenters. The second-order valence-corrected chi connectivity index (χ2v) is 8.04. The lowest BCUT2D eigenvalue weighted by molar-refractivity contribution is -0.116. The van der Waals surface area contributed by atoms with Gasteiger partial charge in [0.2, 0.25) is 11.8 Å². The molecule has 0 radical (unpaired) electrons. The average Bonchev–Trinajstić information content (AvgIpc) is 3.14. The minimum atomic E-state index is -0.291. The van der Waals surface area contributed by atoms with E-state index in [-0.39, 0.29) is 24.3 Å². The summed E-state index contributed by atoms with van der Waals surface area (Å²) in [7, 11) is 3.53. The third kappa shape index (κ3) is 6.40. The second-order valence-electron chi connectivity index (χ2n) is 7.19. The number of carbonyl (C=O) groups excluding carboxylic acids is 3. The van der Waals surface area contributed by atoms with Crippen molar-refractivity contribution >= 4 is 45.7 Å². The molecule has 0 aliphatic carbocycles. The second kappa shape index (κ2) is 10.2. The van der Waals surface area contributed by atoms with Crippen molar-refractivity contribution in [1.29, 1.82) is 0 Å². The van der Waals surface area contributed by atoms with Crippen LogP contribution in [-0.2, 0) is 16.0 Å². The Bertz CT molecular complexity index is 955. The highest BCUT2D eigenvalue weighted by Gasteiger charge is 2.20. The number of rotatable bonds is 6. The van der Waals surface area contributed by atoms with Gasteiger partial charge < -0.3 is 25.2 Å². The summed E-state index contributed by atoms with van der Waals surface area (Å²) in [5, 5.41) is 10.4. The van der Waals surface area contributed by atoms with Gasteiger partial charge in [0.05, 0.1) is 24.9 Å². The first-order chi connectivity index (χ1) is 14.8. The molecule has 3 N–H and O–H groups in total. The molecule has 1 fully saturated rings. The number of thiazole rings is 1. The number of nitrogens with zero attached hydrogens (tertiary/aromatic N) is 3. The van der Waals surface area contributed by atoms with Gasteiger partial charge in [-0.05, 0) is 25.2 Å². The maximum absolute atomic E-state index is 12.5. The first-order valence-corrected chi connectivity index (χ1v) is 10.7. The number of nitrogens with one attached hydrogen (secondary N) is 3. The van der Waals surface area contributed by atoms with Crippen LogP contribution in [0.3, 0.4) is 0 Å². The van der Waals surface area contributed by atoms with E-state index in [9.17, 15) is 14.4 Å². The van der Waals surface area contributed by atoms with E-state index in [1.807, 2.05) is 7.05 Å². The minimum absolute atomic E-state index is 0.0361. The Morgan fingerprint density at radius 3 is 2.55 bits per heavy atom. The van der Waals surface area contributed by atoms with Crippen molar-refractivity contribution in [2.45, 2.75) is 13.3 Å². The smallest absolute Gasteiger partial charge is 0.323 e. The van der Waals surface area contributed by atoms with Crippen LogP contribution in [0.5, 0.6) is 5.75 Å². The molecule has 0 spiro atoms. The molecule has 1 saturated heterocycles. The largest absolute Gasteiger partial charge is 0.495 e. The van der Waals surface area contributed by atoms with Gasteiger partial charge in [0.15, 0.2) is 5.13 Å². The maximum atomic E-state index is 12.5. The van der Waals surface area contributed by atoms with Gasteiger partial charge in [-0.3, -0.25) is 14.9 Å². The van der Waals surface area contributed by atoms with Gasteiger partial charge in [-0.15, -0.1) is 11.3 Å². The predicted octanol–water partition coefficient (Wildman–Crippen LogP) is 2.07. The number of hydrogen-bond donors (Lipinski definition) is 3. The van der Waals surface area contributed by atoms with Gasteiger partial charge in [0.1, 0.15) is 5.75 Å². The molecular formula is C20H26N6O4S. The SMILES string of the molecule is COc1ccc(NC(C)=O)cc1NC(=O)Cc1csc(NC(=O)N2CCN(C)CC2)n1. The van der Waals surface area contributed by atoms with Crippen LogP contribution in [-0.4, -0.2) is 73.0 Å². The third-order valence-corrected chi connectivity index (χ3v) is 5.50. The summed E-state index contributed by atoms with van der Waals surface area (Å²) in [6.45, 7) is 4.42. The summed E-state index contributed by atoms with van der Waals surface area (Å²) in [5.74, 6) is -0.0301. The van der Waals surface area contributed by atoms with Gasteiger partial charge in [-0.1, -0.05) is 0 Å². The van der Waals surface area contributed by atoms with Crippen LogP contribution < -0.4 is 20.7 Å². The number of piperazine rings is 1. The highest BCUT2D eigenvalue weighted by Crippen LogP contribution is 2.28. The normalized spacial score (nSPS) is 14.1. The molecule has 2 aromatic rings. The molecule has 1 aliphatic heterocycles. The monoisotopic (exact) mass is 446 g/mol. The van der Waals surface area contributed by atoms with E-state index in [1.165, 1.54) is 25.4 Å². The van der Waals surface area contributed by atoms with Crippen molar-refractivity contribution in [2.75, 3.05) is 56.3 Å². The Labute approximate surface area is 184 Å². The summed E-state index contributed by atoms with van der Waals surface area (Å²) in [6, 6.07) is 4.79. The van der Waals surface area contributed by atoms with Gasteiger partial charge in [0, 0.05) is 44.2 Å². The lowest BCUT2D eigenvalue weighted by atomic mass is 10.2. The van der Waals surface area contributed by atoms with Crippen LogP contribution in [0.2, 0.25) is 0 Å². The zero-order valence-corrected chi connectivity index (χ0v) is 18.5. The van der Waals surface area contributed by atoms with E-state index in [1.54, 1.807) is 28.5 Å². The lowest BCUT2D eigenvalue weighted by Crippen LogP contribution is -2.48. The van der Waals surface area contributed by atoms with Crippen LogP contribution in [0, 0.1) is 0 Å². The molecule has 0 saturated carbocycles. The van der Waals surface area contributed by atoms with Gasteiger partial charge in [-0.2, -0.15) is 0 Å². The predicted molar refractivity (Wildman–Crippen MR) is 120 cm³/mol. The third-order valence-electron chi connectivity index (χ3n) is 4.69. The van der Waals surface area contributed by atoms with Crippen molar-refractivity contribution in [3.05, 3.63) is 29.3 Å². The number of likely N-dealkylation sites (N-methyl/N-ethyl adjacent to an activating group) is 1. The first kappa shape index (κ1) is 22.5. The van der Waals surface area contributed by atoms with Crippen molar-refractivity contribution in [2.24, 2.45) is 0 Å². The number of aromatic nitrogens is 1. The summed E-state index contributed by atoms with van der Waals surface area (Å²) in [5.41, 5.74) is 1.54. The van der Waals surface area contributed by atoms with Crippen molar-refractivity contribution < 1.29 is 19.1 Å². The minimum Gasteiger partial charge on any atom is -0.495 e. The van der Waals surface area contributed by atoms with Gasteiger partial charge >= 0.3 is 6.03 Å². The molecular weight excluding hydrogens is 420 g/mol. The summed E-state index contributed by atoms with van der Waals surface area (Å²) in [6.07, 6.45) is 0.0361. The van der Waals surface area contributed by atoms with Crippen LogP contribution in [0.1, 0.15) is 12.6 Å². The van der Waals surface area contributed by atoms with E-state index in [2.05, 4.69) is 25.8 Å². The van der Waals surface area contributed by atoms with Gasteiger partial charge in [0.25, 0.3) is 0 Å². The number of methoxy groups -OCH3 is 1. The van der Waals surface area contributed by atoms with Crippen molar-refractivity contribution in [1.82, 2.24) is 14.8 Å². The fourth-order valence-corrected chi connectivity index (χ4v) is 3.77. The fraction of sp³-hybridized carbons (Fsp3) is 0.400. The molecule has 2 heterocycles. The van der Waals surface area contributed by atoms with Crippen LogP contribution in [0.25, 0.3) is 0 Å². The van der Waals surface area contributed by atoms with E-state index in [0.717, 1.165) is 13.1 Å². The Morgan fingerprint density at radius 2 is 1.87 bits per heavy atom. The standard InChI is InChI=1S/C20H26N6O4S/c1-13(27)21-14-4-5-17(30-3)16(10-14)23-18(28)11-15-12-31-19(22-15)24-20(29)26-8-6-25(2)7-9-26/h4-5,10,12H,6-9,11H2,1-3H3,(H,21,27)(H,23,28)(H,22,24,29). The number of carbonyl (C=O) groups is 3. The summed E-state index contributed by atoms with van der Waals surface area (Å²) < 4.78 is 5.27. The molecule has 4 amide bonds. The first-order valence-electron chi connectivity index (χ1n) is 9.78. The molecule has 31 heavy (non-hydrogen) atoms. The highest BCUT2D eigenvalue weighted by molar-refractivity contribution is 7.13. The Kier molecular flexibility index (Phi) is 7.42. The van der Waals surface area contributed by atoms with E-state index < -0.39 is 0 Å². The Morgan fingerprint density at radius 1 is 1.13 bits per heavy atom. The Hall–Kier alpha value is -3.18. The topological polar surface area (TPSA) is 116 Å². The molecule has 166 valence electrons. The van der Waals surface area contributed by atoms with Crippen LogP contribution >= 0.6 is 11.3 Å². The maximum Gasteiger partial charge on any atom is 0.323 e. The highest BCUT2D eigenvalue weighted by atomic mass is 32.1. The van der Waals surface area contributed by atoms with E-state index in [0.29, 0.717) is 41.0 Å². The summed E-state index contributed by atoms with van der Waals surface area (Å²) in [4.78, 5) is 44.4. The molecule has 1 aromatic heterocycles. The number of anilines is 3. The number of amides is 4. The molecule has 1 aliphatic rings. The molecule has 0 atom stereocenters. The van der Waals surface area contributed by atoms with E-state index in [4.69, 9.17) is 4.74 Å². The van der Waals surface area contributed by atoms with Crippen molar-refractivity contribution in [3.8, 4) is 5.75 Å². The number of hydrogen-bond acceptors (Lipinski definition) is 7. The fourth-order valence-electron chi connectivity index (χ4n) is 3.07. The Balaban J connectivity index is 1.57. The van der Waals surface area contributed by atoms with Crippen LogP contribution in [0.4, 0.5) is 21.3 Å². The molecule has 1 aromatic carbocycles. The quantitative estimate of drug-likeness (QED) is 0.626. The van der Waals surface area contributed by atoms with Crippen molar-refractivity contribution in [3.63, 3.8) is 0 Å². The van der Waals surface area contributed by atoms with Gasteiger partial charge in [-0.25, -0.2) is 9.78 Å². The van der Waals surface area contributed by atoms with Crippen LogP contribution in [0.15, 0.2) is 23.6 Å².